The first kappa shape index (κ1) is 18.8. The van der Waals surface area contributed by atoms with Gasteiger partial charge in [-0.25, -0.2) is 0 Å². The van der Waals surface area contributed by atoms with Crippen LogP contribution in [0.1, 0.15) is 33.1 Å². The minimum atomic E-state index is 0.653. The maximum Gasteiger partial charge on any atom is 0.0701 e. The summed E-state index contributed by atoms with van der Waals surface area (Å²) in [6.07, 6.45) is 3.54. The molecule has 0 aliphatic carbocycles. The molecule has 5 heteroatoms. The van der Waals surface area contributed by atoms with Crippen molar-refractivity contribution in [1.29, 1.82) is 0 Å². The lowest BCUT2D eigenvalue weighted by molar-refractivity contribution is 0.00871. The lowest BCUT2D eigenvalue weighted by Gasteiger charge is -2.26. The van der Waals surface area contributed by atoms with Crippen molar-refractivity contribution < 1.29 is 14.2 Å². The van der Waals surface area contributed by atoms with Crippen LogP contribution in [0.25, 0.3) is 0 Å². The lowest BCUT2D eigenvalue weighted by atomic mass is 10.2. The zero-order valence-corrected chi connectivity index (χ0v) is 13.9. The van der Waals surface area contributed by atoms with Crippen molar-refractivity contribution in [3.8, 4) is 0 Å². The van der Waals surface area contributed by atoms with Gasteiger partial charge >= 0.3 is 0 Å². The molecule has 0 aromatic carbocycles. The number of nitrogens with one attached hydrogen (secondary N) is 1. The van der Waals surface area contributed by atoms with Gasteiger partial charge in [0.1, 0.15) is 0 Å². The van der Waals surface area contributed by atoms with E-state index >= 15 is 0 Å². The maximum atomic E-state index is 5.64. The van der Waals surface area contributed by atoms with Crippen molar-refractivity contribution in [2.75, 3.05) is 65.8 Å². The monoisotopic (exact) mass is 302 g/mol. The molecule has 1 rings (SSSR count). The van der Waals surface area contributed by atoms with Crippen LogP contribution in [0.2, 0.25) is 0 Å². The first-order chi connectivity index (χ1) is 10.3. The summed E-state index contributed by atoms with van der Waals surface area (Å²) >= 11 is 0. The molecule has 0 aromatic rings. The van der Waals surface area contributed by atoms with Gasteiger partial charge in [-0.1, -0.05) is 13.3 Å². The molecule has 1 aliphatic rings. The van der Waals surface area contributed by atoms with Gasteiger partial charge in [0.25, 0.3) is 0 Å². The minimum Gasteiger partial charge on any atom is -0.379 e. The second-order valence-electron chi connectivity index (χ2n) is 5.61. The van der Waals surface area contributed by atoms with Crippen LogP contribution >= 0.6 is 0 Å². The average molecular weight is 302 g/mol. The Balaban J connectivity index is 1.83. The van der Waals surface area contributed by atoms with E-state index in [-0.39, 0.29) is 0 Å². The summed E-state index contributed by atoms with van der Waals surface area (Å²) in [6, 6.07) is 0.653. The number of hydrogen-bond acceptors (Lipinski definition) is 5. The standard InChI is InChI=1S/C16H34N2O3/c1-3-4-10-19-12-14-21-15-13-20-11-9-18-8-7-17-6-5-16(18)2/h16-17H,3-15H2,1-2H3. The molecule has 0 saturated carbocycles. The zero-order chi connectivity index (χ0) is 15.2. The van der Waals surface area contributed by atoms with Gasteiger partial charge in [-0.05, 0) is 26.3 Å². The maximum absolute atomic E-state index is 5.64. The van der Waals surface area contributed by atoms with Crippen LogP contribution in [0, 0.1) is 0 Å². The Kier molecular flexibility index (Phi) is 12.1. The third-order valence-electron chi connectivity index (χ3n) is 3.85. The molecule has 1 atom stereocenters. The predicted molar refractivity (Wildman–Crippen MR) is 85.9 cm³/mol. The van der Waals surface area contributed by atoms with Gasteiger partial charge in [-0.2, -0.15) is 0 Å². The van der Waals surface area contributed by atoms with Crippen LogP contribution in [0.5, 0.6) is 0 Å². The number of rotatable bonds is 12. The topological polar surface area (TPSA) is 43.0 Å². The molecule has 1 saturated heterocycles. The SMILES string of the molecule is CCCCOCCOCCOCCN1CCNCCC1C. The fourth-order valence-corrected chi connectivity index (χ4v) is 2.36. The smallest absolute Gasteiger partial charge is 0.0701 e. The third kappa shape index (κ3) is 10.2. The van der Waals surface area contributed by atoms with Gasteiger partial charge in [-0.15, -0.1) is 0 Å². The third-order valence-corrected chi connectivity index (χ3v) is 3.85. The average Bonchev–Trinajstić information content (AvgIpc) is 2.69. The highest BCUT2D eigenvalue weighted by atomic mass is 16.5. The van der Waals surface area contributed by atoms with E-state index in [1.165, 1.54) is 12.8 Å². The van der Waals surface area contributed by atoms with Gasteiger partial charge in [-0.3, -0.25) is 4.90 Å². The molecule has 1 aliphatic heterocycles. The van der Waals surface area contributed by atoms with Gasteiger partial charge in [0.15, 0.2) is 0 Å². The second kappa shape index (κ2) is 13.5. The van der Waals surface area contributed by atoms with E-state index in [4.69, 9.17) is 14.2 Å². The fourth-order valence-electron chi connectivity index (χ4n) is 2.36. The number of unbranched alkanes of at least 4 members (excludes halogenated alkanes) is 1. The first-order valence-electron chi connectivity index (χ1n) is 8.52. The summed E-state index contributed by atoms with van der Waals surface area (Å²) in [4.78, 5) is 2.50. The van der Waals surface area contributed by atoms with E-state index in [1.807, 2.05) is 0 Å². The molecule has 21 heavy (non-hydrogen) atoms. The van der Waals surface area contributed by atoms with Crippen LogP contribution in [0.4, 0.5) is 0 Å². The van der Waals surface area contributed by atoms with Crippen molar-refractivity contribution in [3.05, 3.63) is 0 Å². The van der Waals surface area contributed by atoms with E-state index in [1.54, 1.807) is 0 Å². The van der Waals surface area contributed by atoms with Gasteiger partial charge in [0, 0.05) is 32.3 Å². The highest BCUT2D eigenvalue weighted by Crippen LogP contribution is 2.05. The second-order valence-corrected chi connectivity index (χ2v) is 5.61. The van der Waals surface area contributed by atoms with E-state index < -0.39 is 0 Å². The predicted octanol–water partition coefficient (Wildman–Crippen LogP) is 1.52. The first-order valence-corrected chi connectivity index (χ1v) is 8.52. The van der Waals surface area contributed by atoms with Crippen molar-refractivity contribution in [2.24, 2.45) is 0 Å². The Morgan fingerprint density at radius 1 is 0.952 bits per heavy atom. The molecule has 1 heterocycles. The summed E-state index contributed by atoms with van der Waals surface area (Å²) in [5, 5.41) is 3.44. The normalized spacial score (nSPS) is 20.6. The van der Waals surface area contributed by atoms with Gasteiger partial charge in [0.2, 0.25) is 0 Å². The summed E-state index contributed by atoms with van der Waals surface area (Å²) < 4.78 is 16.5. The molecule has 126 valence electrons. The highest BCUT2D eigenvalue weighted by Gasteiger charge is 2.15. The van der Waals surface area contributed by atoms with Crippen LogP contribution in [-0.4, -0.2) is 76.8 Å². The molecule has 1 fully saturated rings. The fraction of sp³-hybridized carbons (Fsp3) is 1.00. The van der Waals surface area contributed by atoms with Crippen molar-refractivity contribution >= 4 is 0 Å². The summed E-state index contributed by atoms with van der Waals surface area (Å²) in [7, 11) is 0. The van der Waals surface area contributed by atoms with E-state index in [2.05, 4.69) is 24.1 Å². The van der Waals surface area contributed by atoms with E-state index in [9.17, 15) is 0 Å². The van der Waals surface area contributed by atoms with Crippen molar-refractivity contribution in [1.82, 2.24) is 10.2 Å². The number of ether oxygens (including phenoxy) is 3. The van der Waals surface area contributed by atoms with Crippen molar-refractivity contribution in [2.45, 2.75) is 39.2 Å². The summed E-state index contributed by atoms with van der Waals surface area (Å²) in [5.41, 5.74) is 0. The molecule has 5 nitrogen and oxygen atoms in total. The summed E-state index contributed by atoms with van der Waals surface area (Å²) in [5.74, 6) is 0. The Morgan fingerprint density at radius 2 is 1.62 bits per heavy atom. The molecule has 0 radical (unpaired) electrons. The Morgan fingerprint density at radius 3 is 2.33 bits per heavy atom. The molecule has 0 amide bonds. The zero-order valence-electron chi connectivity index (χ0n) is 13.9. The van der Waals surface area contributed by atoms with Crippen LogP contribution in [0.15, 0.2) is 0 Å². The van der Waals surface area contributed by atoms with Crippen LogP contribution in [0.3, 0.4) is 0 Å². The Hall–Kier alpha value is -0.200. The van der Waals surface area contributed by atoms with E-state index in [0.29, 0.717) is 32.5 Å². The quantitative estimate of drug-likeness (QED) is 0.554. The Bertz CT molecular complexity index is 230. The molecule has 1 unspecified atom stereocenters. The van der Waals surface area contributed by atoms with Crippen molar-refractivity contribution in [3.63, 3.8) is 0 Å². The molecule has 0 spiro atoms. The van der Waals surface area contributed by atoms with Gasteiger partial charge in [0.05, 0.1) is 33.0 Å². The van der Waals surface area contributed by atoms with Crippen LogP contribution in [-0.2, 0) is 14.2 Å². The van der Waals surface area contributed by atoms with Gasteiger partial charge < -0.3 is 19.5 Å². The molecular weight excluding hydrogens is 268 g/mol. The molecule has 0 aromatic heterocycles. The molecule has 0 bridgehead atoms. The summed E-state index contributed by atoms with van der Waals surface area (Å²) in [6.45, 7) is 13.2. The minimum absolute atomic E-state index is 0.653. The highest BCUT2D eigenvalue weighted by molar-refractivity contribution is 4.73. The number of hydrogen-bond donors (Lipinski definition) is 1. The van der Waals surface area contributed by atoms with Crippen LogP contribution < -0.4 is 5.32 Å². The molecular formula is C16H34N2O3. The Labute approximate surface area is 130 Å². The number of nitrogens with zero attached hydrogens (tertiary/aromatic N) is 1. The largest absolute Gasteiger partial charge is 0.379 e. The molecule has 1 N–H and O–H groups in total. The lowest BCUT2D eigenvalue weighted by Crippen LogP contribution is -2.37. The van der Waals surface area contributed by atoms with E-state index in [0.717, 1.165) is 45.8 Å².